The van der Waals surface area contributed by atoms with E-state index in [-0.39, 0.29) is 23.2 Å². The van der Waals surface area contributed by atoms with Crippen molar-refractivity contribution in [1.82, 2.24) is 0 Å². The summed E-state index contributed by atoms with van der Waals surface area (Å²) in [6.07, 6.45) is -0.707. The Labute approximate surface area is 147 Å². The third-order valence-electron chi connectivity index (χ3n) is 4.22. The van der Waals surface area contributed by atoms with Crippen LogP contribution < -0.4 is 0 Å². The number of esters is 1. The van der Waals surface area contributed by atoms with E-state index in [4.69, 9.17) is 13.6 Å². The minimum absolute atomic E-state index is 0.0861. The molecule has 1 aromatic rings. The lowest BCUT2D eigenvalue weighted by molar-refractivity contribution is -0.152. The molecule has 0 amide bonds. The Hall–Kier alpha value is -1.17. The molecule has 0 spiro atoms. The van der Waals surface area contributed by atoms with Gasteiger partial charge < -0.3 is 13.6 Å². The molecule has 0 aliphatic heterocycles. The van der Waals surface area contributed by atoms with E-state index in [1.54, 1.807) is 13.8 Å². The van der Waals surface area contributed by atoms with Crippen LogP contribution >= 0.6 is 0 Å². The molecule has 0 saturated heterocycles. The SMILES string of the molecule is CCOC(=O)[C@H](C)O[Si](OC(C)c1ccccc1)(C(C)C)C(C)C. The number of benzene rings is 1. The Bertz CT molecular complexity index is 493. The van der Waals surface area contributed by atoms with Crippen molar-refractivity contribution >= 4 is 14.5 Å². The van der Waals surface area contributed by atoms with Crippen LogP contribution in [0.3, 0.4) is 0 Å². The predicted molar refractivity (Wildman–Crippen MR) is 99.1 cm³/mol. The summed E-state index contributed by atoms with van der Waals surface area (Å²) in [6, 6.07) is 10.1. The van der Waals surface area contributed by atoms with Gasteiger partial charge >= 0.3 is 14.5 Å². The maximum Gasteiger partial charge on any atom is 0.344 e. The Balaban J connectivity index is 3.04. The first-order valence-electron chi connectivity index (χ1n) is 8.81. The lowest BCUT2D eigenvalue weighted by Gasteiger charge is -2.41. The number of hydrogen-bond donors (Lipinski definition) is 0. The lowest BCUT2D eigenvalue weighted by Crippen LogP contribution is -2.52. The molecule has 0 N–H and O–H groups in total. The standard InChI is InChI=1S/C19H32O4Si/c1-8-21-19(20)17(7)23-24(14(2)3,15(4)5)22-16(6)18-12-10-9-11-13-18/h9-17H,8H2,1-7H3/t16?,17-/m0/s1. The second kappa shape index (κ2) is 9.35. The summed E-state index contributed by atoms with van der Waals surface area (Å²) in [6.45, 7) is 14.4. The second-order valence-electron chi connectivity index (χ2n) is 6.71. The van der Waals surface area contributed by atoms with Gasteiger partial charge in [0, 0.05) is 0 Å². The van der Waals surface area contributed by atoms with Gasteiger partial charge in [0.15, 0.2) is 0 Å². The highest BCUT2D eigenvalue weighted by molar-refractivity contribution is 6.70. The van der Waals surface area contributed by atoms with Crippen molar-refractivity contribution in [3.8, 4) is 0 Å². The molecule has 0 aromatic heterocycles. The van der Waals surface area contributed by atoms with Crippen LogP contribution in [0.15, 0.2) is 30.3 Å². The number of carbonyl (C=O) groups is 1. The first-order valence-corrected chi connectivity index (χ1v) is 10.8. The van der Waals surface area contributed by atoms with Gasteiger partial charge in [-0.25, -0.2) is 4.79 Å². The maximum atomic E-state index is 12.0. The average Bonchev–Trinajstić information content (AvgIpc) is 2.54. The second-order valence-corrected chi connectivity index (χ2v) is 10.9. The molecule has 0 bridgehead atoms. The zero-order chi connectivity index (χ0) is 18.3. The van der Waals surface area contributed by atoms with E-state index in [0.717, 1.165) is 5.56 Å². The van der Waals surface area contributed by atoms with E-state index < -0.39 is 14.7 Å². The van der Waals surface area contributed by atoms with Crippen molar-refractivity contribution < 1.29 is 18.4 Å². The van der Waals surface area contributed by atoms with E-state index in [1.807, 2.05) is 25.1 Å². The number of carbonyl (C=O) groups excluding carboxylic acids is 1. The van der Waals surface area contributed by atoms with Gasteiger partial charge in [0.2, 0.25) is 0 Å². The monoisotopic (exact) mass is 352 g/mol. The van der Waals surface area contributed by atoms with Crippen molar-refractivity contribution in [2.75, 3.05) is 6.61 Å². The molecule has 2 atom stereocenters. The van der Waals surface area contributed by atoms with E-state index in [0.29, 0.717) is 6.61 Å². The van der Waals surface area contributed by atoms with Gasteiger partial charge in [0.25, 0.3) is 0 Å². The number of ether oxygens (including phenoxy) is 1. The molecule has 0 heterocycles. The van der Waals surface area contributed by atoms with Crippen LogP contribution in [0, 0.1) is 0 Å². The fourth-order valence-corrected chi connectivity index (χ4v) is 6.71. The Morgan fingerprint density at radius 3 is 1.96 bits per heavy atom. The van der Waals surface area contributed by atoms with Gasteiger partial charge in [0.05, 0.1) is 12.7 Å². The molecule has 4 nitrogen and oxygen atoms in total. The van der Waals surface area contributed by atoms with E-state index in [9.17, 15) is 4.79 Å². The molecule has 0 saturated carbocycles. The molecule has 1 aromatic carbocycles. The summed E-state index contributed by atoms with van der Waals surface area (Å²) in [7, 11) is -2.65. The summed E-state index contributed by atoms with van der Waals surface area (Å²) < 4.78 is 18.0. The largest absolute Gasteiger partial charge is 0.464 e. The smallest absolute Gasteiger partial charge is 0.344 e. The van der Waals surface area contributed by atoms with E-state index in [2.05, 4.69) is 39.8 Å². The summed E-state index contributed by atoms with van der Waals surface area (Å²) in [5.41, 5.74) is 1.53. The third kappa shape index (κ3) is 5.16. The first-order chi connectivity index (χ1) is 11.2. The minimum atomic E-state index is -2.65. The number of rotatable bonds is 9. The normalized spacial score (nSPS) is 14.7. The molecule has 136 valence electrons. The molecule has 1 rings (SSSR count). The van der Waals surface area contributed by atoms with Gasteiger partial charge in [-0.2, -0.15) is 0 Å². The van der Waals surface area contributed by atoms with Crippen LogP contribution in [0.4, 0.5) is 0 Å². The van der Waals surface area contributed by atoms with Crippen LogP contribution in [0.25, 0.3) is 0 Å². The van der Waals surface area contributed by atoms with Crippen molar-refractivity contribution in [2.24, 2.45) is 0 Å². The van der Waals surface area contributed by atoms with E-state index in [1.165, 1.54) is 0 Å². The van der Waals surface area contributed by atoms with Crippen LogP contribution in [-0.4, -0.2) is 27.2 Å². The maximum absolute atomic E-state index is 12.0. The zero-order valence-electron chi connectivity index (χ0n) is 16.0. The summed E-state index contributed by atoms with van der Waals surface area (Å²) in [5, 5.41) is 0. The molecule has 24 heavy (non-hydrogen) atoms. The average molecular weight is 353 g/mol. The summed E-state index contributed by atoms with van der Waals surface area (Å²) in [4.78, 5) is 12.0. The fourth-order valence-electron chi connectivity index (χ4n) is 2.89. The lowest BCUT2D eigenvalue weighted by atomic mass is 10.1. The molecule has 1 unspecified atom stereocenters. The molecule has 5 heteroatoms. The minimum Gasteiger partial charge on any atom is -0.464 e. The van der Waals surface area contributed by atoms with Crippen LogP contribution in [0.5, 0.6) is 0 Å². The van der Waals surface area contributed by atoms with Crippen LogP contribution in [0.2, 0.25) is 11.1 Å². The quantitative estimate of drug-likeness (QED) is 0.464. The van der Waals surface area contributed by atoms with Crippen molar-refractivity contribution in [3.05, 3.63) is 35.9 Å². The number of hydrogen-bond acceptors (Lipinski definition) is 4. The van der Waals surface area contributed by atoms with Gasteiger partial charge in [-0.1, -0.05) is 58.0 Å². The molecular formula is C19H32O4Si. The Morgan fingerprint density at radius 1 is 0.958 bits per heavy atom. The summed E-state index contributed by atoms with van der Waals surface area (Å²) >= 11 is 0. The van der Waals surface area contributed by atoms with Gasteiger partial charge in [-0.05, 0) is 37.4 Å². The van der Waals surface area contributed by atoms with Crippen LogP contribution in [-0.2, 0) is 18.4 Å². The molecular weight excluding hydrogens is 320 g/mol. The Kier molecular flexibility index (Phi) is 8.13. The van der Waals surface area contributed by atoms with Crippen molar-refractivity contribution in [1.29, 1.82) is 0 Å². The highest BCUT2D eigenvalue weighted by Gasteiger charge is 2.48. The van der Waals surface area contributed by atoms with Crippen molar-refractivity contribution in [3.63, 3.8) is 0 Å². The molecule has 0 fully saturated rings. The highest BCUT2D eigenvalue weighted by Crippen LogP contribution is 2.39. The third-order valence-corrected chi connectivity index (χ3v) is 8.88. The topological polar surface area (TPSA) is 44.8 Å². The predicted octanol–water partition coefficient (Wildman–Crippen LogP) is 4.99. The molecule has 0 aliphatic carbocycles. The highest BCUT2D eigenvalue weighted by atomic mass is 28.4. The Morgan fingerprint density at radius 2 is 1.50 bits per heavy atom. The van der Waals surface area contributed by atoms with Gasteiger partial charge in [0.1, 0.15) is 6.10 Å². The van der Waals surface area contributed by atoms with E-state index >= 15 is 0 Å². The first kappa shape index (κ1) is 20.9. The zero-order valence-corrected chi connectivity index (χ0v) is 17.0. The van der Waals surface area contributed by atoms with Crippen molar-refractivity contribution in [2.45, 2.75) is 71.8 Å². The molecule has 0 aliphatic rings. The van der Waals surface area contributed by atoms with Gasteiger partial charge in [-0.15, -0.1) is 0 Å². The molecule has 0 radical (unpaired) electrons. The fraction of sp³-hybridized carbons (Fsp3) is 0.632. The summed E-state index contributed by atoms with van der Waals surface area (Å²) in [5.74, 6) is -0.327. The van der Waals surface area contributed by atoms with Crippen LogP contribution in [0.1, 0.15) is 60.1 Å². The van der Waals surface area contributed by atoms with Gasteiger partial charge in [-0.3, -0.25) is 0 Å².